The van der Waals surface area contributed by atoms with Crippen molar-refractivity contribution in [2.75, 3.05) is 11.9 Å². The number of anilines is 1. The summed E-state index contributed by atoms with van der Waals surface area (Å²) in [5, 5.41) is 15.7. The van der Waals surface area contributed by atoms with E-state index in [9.17, 15) is 19.7 Å². The Hall–Kier alpha value is -3.78. The molecule has 0 aliphatic carbocycles. The number of carbonyl (C=O) groups excluding carboxylic acids is 2. The second-order valence-corrected chi connectivity index (χ2v) is 8.50. The van der Waals surface area contributed by atoms with Gasteiger partial charge in [0.1, 0.15) is 0 Å². The van der Waals surface area contributed by atoms with E-state index in [-0.39, 0.29) is 17.5 Å². The summed E-state index contributed by atoms with van der Waals surface area (Å²) in [5.41, 5.74) is 3.52. The molecule has 2 heterocycles. The van der Waals surface area contributed by atoms with Crippen molar-refractivity contribution in [3.05, 3.63) is 97.2 Å². The van der Waals surface area contributed by atoms with Crippen LogP contribution in [0.25, 0.3) is 6.08 Å². The van der Waals surface area contributed by atoms with Gasteiger partial charge in [0.05, 0.1) is 4.92 Å². The molecule has 32 heavy (non-hydrogen) atoms. The third-order valence-corrected chi connectivity index (χ3v) is 6.45. The van der Waals surface area contributed by atoms with Gasteiger partial charge in [-0.25, -0.2) is 0 Å². The van der Waals surface area contributed by atoms with E-state index in [1.165, 1.54) is 34.7 Å². The Balaban J connectivity index is 1.46. The molecular formula is C24H21N3O4S. The quantitative estimate of drug-likeness (QED) is 0.345. The van der Waals surface area contributed by atoms with Crippen molar-refractivity contribution < 1.29 is 14.5 Å². The Bertz CT molecular complexity index is 1230. The van der Waals surface area contributed by atoms with Crippen molar-refractivity contribution in [3.63, 3.8) is 0 Å². The Morgan fingerprint density at radius 3 is 2.81 bits per heavy atom. The first-order valence-corrected chi connectivity index (χ1v) is 11.0. The van der Waals surface area contributed by atoms with Crippen LogP contribution in [-0.4, -0.2) is 28.2 Å². The van der Waals surface area contributed by atoms with E-state index in [1.54, 1.807) is 41.7 Å². The first-order valence-electron chi connectivity index (χ1n) is 10.1. The van der Waals surface area contributed by atoms with E-state index in [0.717, 1.165) is 6.42 Å². The third-order valence-electron chi connectivity index (χ3n) is 5.43. The summed E-state index contributed by atoms with van der Waals surface area (Å²) in [4.78, 5) is 39.1. The molecule has 8 heteroatoms. The topological polar surface area (TPSA) is 92.5 Å². The highest BCUT2D eigenvalue weighted by atomic mass is 32.1. The zero-order valence-corrected chi connectivity index (χ0v) is 18.2. The highest BCUT2D eigenvalue weighted by Crippen LogP contribution is 2.27. The van der Waals surface area contributed by atoms with Gasteiger partial charge in [0, 0.05) is 47.4 Å². The number of nitrogens with one attached hydrogen (secondary N) is 1. The summed E-state index contributed by atoms with van der Waals surface area (Å²) >= 11 is 1.73. The fourth-order valence-corrected chi connectivity index (χ4v) is 4.57. The fraction of sp³-hybridized carbons (Fsp3) is 0.167. The molecule has 1 aliphatic heterocycles. The smallest absolute Gasteiger partial charge is 0.270 e. The summed E-state index contributed by atoms with van der Waals surface area (Å²) in [7, 11) is 0. The van der Waals surface area contributed by atoms with Crippen LogP contribution in [0.1, 0.15) is 31.9 Å². The lowest BCUT2D eigenvalue weighted by atomic mass is 10.0. The van der Waals surface area contributed by atoms with Gasteiger partial charge in [-0.15, -0.1) is 11.3 Å². The Morgan fingerprint density at radius 2 is 2.00 bits per heavy atom. The molecule has 7 nitrogen and oxygen atoms in total. The molecule has 1 aromatic heterocycles. The number of rotatable bonds is 5. The summed E-state index contributed by atoms with van der Waals surface area (Å²) in [6, 6.07) is 13.4. The summed E-state index contributed by atoms with van der Waals surface area (Å²) in [6.07, 6.45) is 3.69. The molecule has 0 bridgehead atoms. The van der Waals surface area contributed by atoms with Gasteiger partial charge in [-0.1, -0.05) is 18.2 Å². The monoisotopic (exact) mass is 447 g/mol. The number of benzene rings is 2. The molecule has 0 radical (unpaired) electrons. The molecule has 4 rings (SSSR count). The Kier molecular flexibility index (Phi) is 6.13. The fourth-order valence-electron chi connectivity index (χ4n) is 3.68. The number of nitro benzene ring substituents is 1. The summed E-state index contributed by atoms with van der Waals surface area (Å²) in [5.74, 6) is -0.437. The lowest BCUT2D eigenvalue weighted by Crippen LogP contribution is -2.35. The van der Waals surface area contributed by atoms with Crippen molar-refractivity contribution in [3.8, 4) is 0 Å². The Morgan fingerprint density at radius 1 is 1.19 bits per heavy atom. The molecule has 0 saturated heterocycles. The zero-order valence-electron chi connectivity index (χ0n) is 17.4. The predicted octanol–water partition coefficient (Wildman–Crippen LogP) is 4.82. The largest absolute Gasteiger partial charge is 0.334 e. The van der Waals surface area contributed by atoms with Gasteiger partial charge in [0.15, 0.2) is 0 Å². The van der Waals surface area contributed by atoms with E-state index >= 15 is 0 Å². The molecule has 2 aromatic carbocycles. The van der Waals surface area contributed by atoms with Crippen molar-refractivity contribution in [1.82, 2.24) is 4.90 Å². The van der Waals surface area contributed by atoms with Gasteiger partial charge in [-0.3, -0.25) is 19.7 Å². The van der Waals surface area contributed by atoms with Crippen molar-refractivity contribution in [2.45, 2.75) is 19.9 Å². The standard InChI is InChI=1S/C24H21N3O4S/c1-16-20(24(29)26-12-10-22-18(15-26)11-13-32-22)6-3-7-21(16)25-23(28)9-8-17-4-2-5-19(14-17)27(30)31/h2-9,11,13-14H,10,12,15H2,1H3,(H,25,28)/b9-8+. The summed E-state index contributed by atoms with van der Waals surface area (Å²) in [6.45, 7) is 3.08. The second kappa shape index (κ2) is 9.15. The van der Waals surface area contributed by atoms with Crippen molar-refractivity contribution in [1.29, 1.82) is 0 Å². The number of fused-ring (bicyclic) bond motifs is 1. The van der Waals surface area contributed by atoms with Crippen LogP contribution in [0.2, 0.25) is 0 Å². The zero-order chi connectivity index (χ0) is 22.7. The van der Waals surface area contributed by atoms with Crippen LogP contribution in [0.5, 0.6) is 0 Å². The lowest BCUT2D eigenvalue weighted by molar-refractivity contribution is -0.384. The molecule has 2 amide bonds. The van der Waals surface area contributed by atoms with Crippen LogP contribution in [0.15, 0.2) is 60.0 Å². The molecule has 0 atom stereocenters. The highest BCUT2D eigenvalue weighted by Gasteiger charge is 2.24. The van der Waals surface area contributed by atoms with Crippen LogP contribution >= 0.6 is 11.3 Å². The van der Waals surface area contributed by atoms with Gasteiger partial charge in [-0.2, -0.15) is 0 Å². The van der Waals surface area contributed by atoms with Gasteiger partial charge in [-0.05, 0) is 59.7 Å². The van der Waals surface area contributed by atoms with E-state index in [1.807, 2.05) is 11.8 Å². The molecule has 0 fully saturated rings. The van der Waals surface area contributed by atoms with E-state index < -0.39 is 4.92 Å². The molecule has 1 aliphatic rings. The number of thiophene rings is 1. The van der Waals surface area contributed by atoms with Crippen LogP contribution in [0.3, 0.4) is 0 Å². The molecule has 0 spiro atoms. The highest BCUT2D eigenvalue weighted by molar-refractivity contribution is 7.10. The average Bonchev–Trinajstić information content (AvgIpc) is 3.27. The normalized spacial score (nSPS) is 13.1. The third kappa shape index (κ3) is 4.60. The van der Waals surface area contributed by atoms with Crippen LogP contribution < -0.4 is 5.32 Å². The minimum Gasteiger partial charge on any atom is -0.334 e. The molecule has 0 unspecified atom stereocenters. The van der Waals surface area contributed by atoms with E-state index in [4.69, 9.17) is 0 Å². The van der Waals surface area contributed by atoms with Crippen LogP contribution in [0, 0.1) is 17.0 Å². The van der Waals surface area contributed by atoms with Crippen LogP contribution in [-0.2, 0) is 17.8 Å². The molecule has 162 valence electrons. The van der Waals surface area contributed by atoms with E-state index in [2.05, 4.69) is 16.8 Å². The van der Waals surface area contributed by atoms with Gasteiger partial charge >= 0.3 is 0 Å². The van der Waals surface area contributed by atoms with Crippen LogP contribution in [0.4, 0.5) is 11.4 Å². The van der Waals surface area contributed by atoms with E-state index in [0.29, 0.717) is 35.5 Å². The maximum Gasteiger partial charge on any atom is 0.270 e. The minimum absolute atomic E-state index is 0.0399. The van der Waals surface area contributed by atoms with Crippen molar-refractivity contribution in [2.24, 2.45) is 0 Å². The lowest BCUT2D eigenvalue weighted by Gasteiger charge is -2.28. The predicted molar refractivity (Wildman–Crippen MR) is 125 cm³/mol. The Labute approximate surface area is 189 Å². The number of amides is 2. The number of nitro groups is 1. The molecular weight excluding hydrogens is 426 g/mol. The number of hydrogen-bond acceptors (Lipinski definition) is 5. The first kappa shape index (κ1) is 21.5. The molecule has 3 aromatic rings. The number of non-ortho nitro benzene ring substituents is 1. The molecule has 1 N–H and O–H groups in total. The summed E-state index contributed by atoms with van der Waals surface area (Å²) < 4.78 is 0. The van der Waals surface area contributed by atoms with Gasteiger partial charge < -0.3 is 10.2 Å². The maximum absolute atomic E-state index is 13.1. The number of nitrogens with zero attached hydrogens (tertiary/aromatic N) is 2. The number of carbonyl (C=O) groups is 2. The van der Waals surface area contributed by atoms with Gasteiger partial charge in [0.25, 0.3) is 11.6 Å². The second-order valence-electron chi connectivity index (χ2n) is 7.50. The van der Waals surface area contributed by atoms with Gasteiger partial charge in [0.2, 0.25) is 5.91 Å². The molecule has 0 saturated carbocycles. The van der Waals surface area contributed by atoms with Crippen molar-refractivity contribution >= 4 is 40.6 Å². The minimum atomic E-state index is -0.481. The first-order chi connectivity index (χ1) is 15.4. The SMILES string of the molecule is Cc1c(NC(=O)/C=C/c2cccc([N+](=O)[O-])c2)cccc1C(=O)N1CCc2sccc2C1. The number of hydrogen-bond donors (Lipinski definition) is 1. The maximum atomic E-state index is 13.1. The average molecular weight is 448 g/mol.